The number of para-hydroxylation sites is 1. The predicted octanol–water partition coefficient (Wildman–Crippen LogP) is 2.62. The molecule has 2 rings (SSSR count). The van der Waals surface area contributed by atoms with Crippen molar-refractivity contribution in [2.75, 3.05) is 26.4 Å². The SMILES string of the molecule is CCCCOCCCN=C(N)NC1CCOc2ccccc21. The molecule has 0 fully saturated rings. The van der Waals surface area contributed by atoms with Crippen LogP contribution in [0.4, 0.5) is 0 Å². The number of fused-ring (bicyclic) bond motifs is 1. The quantitative estimate of drug-likeness (QED) is 0.440. The highest BCUT2D eigenvalue weighted by molar-refractivity contribution is 5.78. The molecule has 0 amide bonds. The van der Waals surface area contributed by atoms with Gasteiger partial charge in [-0.05, 0) is 18.9 Å². The third-order valence-electron chi connectivity index (χ3n) is 3.65. The van der Waals surface area contributed by atoms with E-state index in [1.54, 1.807) is 0 Å². The zero-order valence-electron chi connectivity index (χ0n) is 13.4. The highest BCUT2D eigenvalue weighted by Crippen LogP contribution is 2.31. The maximum Gasteiger partial charge on any atom is 0.189 e. The van der Waals surface area contributed by atoms with Crippen LogP contribution < -0.4 is 15.8 Å². The third kappa shape index (κ3) is 5.22. The molecule has 22 heavy (non-hydrogen) atoms. The number of nitrogens with one attached hydrogen (secondary N) is 1. The zero-order valence-corrected chi connectivity index (χ0v) is 13.4. The first-order valence-electron chi connectivity index (χ1n) is 8.17. The molecule has 0 spiro atoms. The normalized spacial score (nSPS) is 17.7. The first-order chi connectivity index (χ1) is 10.8. The minimum Gasteiger partial charge on any atom is -0.493 e. The lowest BCUT2D eigenvalue weighted by molar-refractivity contribution is 0.130. The summed E-state index contributed by atoms with van der Waals surface area (Å²) in [5, 5.41) is 3.29. The van der Waals surface area contributed by atoms with Gasteiger partial charge in [-0.3, -0.25) is 4.99 Å². The summed E-state index contributed by atoms with van der Waals surface area (Å²) >= 11 is 0. The summed E-state index contributed by atoms with van der Waals surface area (Å²) < 4.78 is 11.1. The van der Waals surface area contributed by atoms with E-state index in [-0.39, 0.29) is 6.04 Å². The third-order valence-corrected chi connectivity index (χ3v) is 3.65. The zero-order chi connectivity index (χ0) is 15.6. The topological polar surface area (TPSA) is 68.9 Å². The average molecular weight is 305 g/mol. The van der Waals surface area contributed by atoms with Gasteiger partial charge in [-0.15, -0.1) is 0 Å². The molecule has 1 aromatic rings. The van der Waals surface area contributed by atoms with Crippen molar-refractivity contribution >= 4 is 5.96 Å². The van der Waals surface area contributed by atoms with Crippen LogP contribution in [0, 0.1) is 0 Å². The molecule has 1 unspecified atom stereocenters. The Morgan fingerprint density at radius 3 is 3.05 bits per heavy atom. The summed E-state index contributed by atoms with van der Waals surface area (Å²) in [6.45, 7) is 5.14. The van der Waals surface area contributed by atoms with Crippen LogP contribution in [0.3, 0.4) is 0 Å². The number of benzene rings is 1. The molecule has 0 aromatic heterocycles. The molecule has 1 aliphatic heterocycles. The largest absolute Gasteiger partial charge is 0.493 e. The lowest BCUT2D eigenvalue weighted by Gasteiger charge is -2.26. The van der Waals surface area contributed by atoms with Crippen molar-refractivity contribution < 1.29 is 9.47 Å². The molecule has 5 heteroatoms. The van der Waals surface area contributed by atoms with E-state index in [1.807, 2.05) is 18.2 Å². The molecular formula is C17H27N3O2. The van der Waals surface area contributed by atoms with Gasteiger partial charge in [-0.1, -0.05) is 31.5 Å². The van der Waals surface area contributed by atoms with Gasteiger partial charge < -0.3 is 20.5 Å². The second-order valence-corrected chi connectivity index (χ2v) is 5.46. The summed E-state index contributed by atoms with van der Waals surface area (Å²) in [5.41, 5.74) is 7.13. The maximum absolute atomic E-state index is 5.98. The molecule has 0 bridgehead atoms. The van der Waals surface area contributed by atoms with E-state index in [4.69, 9.17) is 15.2 Å². The van der Waals surface area contributed by atoms with Gasteiger partial charge >= 0.3 is 0 Å². The minimum atomic E-state index is 0.175. The molecule has 0 radical (unpaired) electrons. The number of rotatable bonds is 8. The summed E-state index contributed by atoms with van der Waals surface area (Å²) in [6.07, 6.45) is 4.08. The maximum atomic E-state index is 5.98. The number of guanidine groups is 1. The van der Waals surface area contributed by atoms with Gasteiger partial charge in [-0.2, -0.15) is 0 Å². The molecule has 1 heterocycles. The Hall–Kier alpha value is -1.75. The Morgan fingerprint density at radius 2 is 2.18 bits per heavy atom. The Kier molecular flexibility index (Phi) is 7.03. The van der Waals surface area contributed by atoms with E-state index in [0.717, 1.165) is 43.8 Å². The molecule has 1 atom stereocenters. The van der Waals surface area contributed by atoms with Crippen molar-refractivity contribution in [2.45, 2.75) is 38.6 Å². The van der Waals surface area contributed by atoms with Gasteiger partial charge in [-0.25, -0.2) is 0 Å². The molecule has 3 N–H and O–H groups in total. The fourth-order valence-electron chi connectivity index (χ4n) is 2.43. The van der Waals surface area contributed by atoms with Gasteiger partial charge in [0, 0.05) is 31.7 Å². The van der Waals surface area contributed by atoms with E-state index < -0.39 is 0 Å². The van der Waals surface area contributed by atoms with Crippen LogP contribution in [0.15, 0.2) is 29.3 Å². The number of nitrogens with zero attached hydrogens (tertiary/aromatic N) is 1. The van der Waals surface area contributed by atoms with E-state index in [1.165, 1.54) is 6.42 Å². The van der Waals surface area contributed by atoms with Crippen LogP contribution in [0.25, 0.3) is 0 Å². The Labute approximate surface area is 132 Å². The molecule has 122 valence electrons. The van der Waals surface area contributed by atoms with Crippen LogP contribution in [-0.4, -0.2) is 32.3 Å². The van der Waals surface area contributed by atoms with Crippen LogP contribution in [0.5, 0.6) is 5.75 Å². The lowest BCUT2D eigenvalue weighted by Crippen LogP contribution is -2.37. The summed E-state index contributed by atoms with van der Waals surface area (Å²) in [4.78, 5) is 4.37. The highest BCUT2D eigenvalue weighted by atomic mass is 16.5. The van der Waals surface area contributed by atoms with E-state index in [2.05, 4.69) is 23.3 Å². The Balaban J connectivity index is 1.73. The number of ether oxygens (including phenoxy) is 2. The summed E-state index contributed by atoms with van der Waals surface area (Å²) in [6, 6.07) is 8.24. The van der Waals surface area contributed by atoms with E-state index in [0.29, 0.717) is 19.1 Å². The van der Waals surface area contributed by atoms with Crippen molar-refractivity contribution in [1.29, 1.82) is 0 Å². The predicted molar refractivity (Wildman–Crippen MR) is 89.3 cm³/mol. The van der Waals surface area contributed by atoms with Gasteiger partial charge in [0.1, 0.15) is 5.75 Å². The van der Waals surface area contributed by atoms with E-state index >= 15 is 0 Å². The molecule has 0 aliphatic carbocycles. The monoisotopic (exact) mass is 305 g/mol. The molecule has 5 nitrogen and oxygen atoms in total. The second-order valence-electron chi connectivity index (χ2n) is 5.46. The van der Waals surface area contributed by atoms with Gasteiger partial charge in [0.25, 0.3) is 0 Å². The summed E-state index contributed by atoms with van der Waals surface area (Å²) in [5.74, 6) is 1.43. The fourth-order valence-corrected chi connectivity index (χ4v) is 2.43. The van der Waals surface area contributed by atoms with Crippen LogP contribution in [-0.2, 0) is 4.74 Å². The molecule has 1 aliphatic rings. The number of aliphatic imine (C=N–C) groups is 1. The van der Waals surface area contributed by atoms with Crippen molar-refractivity contribution in [3.8, 4) is 5.75 Å². The Morgan fingerprint density at radius 1 is 1.36 bits per heavy atom. The molecule has 0 saturated heterocycles. The smallest absolute Gasteiger partial charge is 0.189 e. The standard InChI is InChI=1S/C17H27N3O2/c1-2-3-11-21-12-6-10-19-17(18)20-15-9-13-22-16-8-5-4-7-14(15)16/h4-5,7-8,15H,2-3,6,9-13H2,1H3,(H3,18,19,20). The molecule has 0 saturated carbocycles. The van der Waals surface area contributed by atoms with Crippen molar-refractivity contribution in [3.63, 3.8) is 0 Å². The number of hydrogen-bond acceptors (Lipinski definition) is 3. The number of hydrogen-bond donors (Lipinski definition) is 2. The van der Waals surface area contributed by atoms with Crippen molar-refractivity contribution in [2.24, 2.45) is 10.7 Å². The first-order valence-corrected chi connectivity index (χ1v) is 8.17. The van der Waals surface area contributed by atoms with Gasteiger partial charge in [0.15, 0.2) is 5.96 Å². The molecule has 1 aromatic carbocycles. The van der Waals surface area contributed by atoms with Gasteiger partial charge in [0.05, 0.1) is 12.6 Å². The van der Waals surface area contributed by atoms with Gasteiger partial charge in [0.2, 0.25) is 0 Å². The summed E-state index contributed by atoms with van der Waals surface area (Å²) in [7, 11) is 0. The first kappa shape index (κ1) is 16.6. The number of unbranched alkanes of at least 4 members (excludes halogenated alkanes) is 1. The lowest BCUT2D eigenvalue weighted by atomic mass is 10.0. The van der Waals surface area contributed by atoms with Crippen LogP contribution >= 0.6 is 0 Å². The Bertz CT molecular complexity index is 477. The van der Waals surface area contributed by atoms with E-state index in [9.17, 15) is 0 Å². The van der Waals surface area contributed by atoms with Crippen LogP contribution in [0.2, 0.25) is 0 Å². The minimum absolute atomic E-state index is 0.175. The average Bonchev–Trinajstić information content (AvgIpc) is 2.54. The fraction of sp³-hybridized carbons (Fsp3) is 0.588. The van der Waals surface area contributed by atoms with Crippen LogP contribution in [0.1, 0.15) is 44.2 Å². The molecular weight excluding hydrogens is 278 g/mol. The highest BCUT2D eigenvalue weighted by Gasteiger charge is 2.20. The number of nitrogens with two attached hydrogens (primary N) is 1. The van der Waals surface area contributed by atoms with Crippen molar-refractivity contribution in [3.05, 3.63) is 29.8 Å². The van der Waals surface area contributed by atoms with Crippen molar-refractivity contribution in [1.82, 2.24) is 5.32 Å². The second kappa shape index (κ2) is 9.30.